The van der Waals surface area contributed by atoms with Crippen molar-refractivity contribution >= 4 is 33.2 Å². The van der Waals surface area contributed by atoms with Crippen molar-refractivity contribution in [3.8, 4) is 0 Å². The van der Waals surface area contributed by atoms with Crippen LogP contribution in [-0.4, -0.2) is 4.98 Å². The first-order chi connectivity index (χ1) is 6.18. The van der Waals surface area contributed by atoms with Crippen molar-refractivity contribution in [2.75, 3.05) is 0 Å². The Morgan fingerprint density at radius 1 is 1.38 bits per heavy atom. The van der Waals surface area contributed by atoms with Gasteiger partial charge in [-0.3, -0.25) is 0 Å². The van der Waals surface area contributed by atoms with Gasteiger partial charge in [-0.15, -0.1) is 11.3 Å². The SMILES string of the molecule is FC(F)c1nc2c(Cl)cccc2s1. The Bertz CT molecular complexity index is 441. The normalized spacial score (nSPS) is 11.4. The molecule has 0 amide bonds. The standard InChI is InChI=1S/C8H4ClF2NS/c9-4-2-1-3-5-6(4)12-8(13-5)7(10)11/h1-3,7H. The maximum atomic E-state index is 12.2. The topological polar surface area (TPSA) is 12.9 Å². The molecular weight excluding hydrogens is 216 g/mol. The molecule has 1 heterocycles. The average Bonchev–Trinajstić information content (AvgIpc) is 2.49. The minimum absolute atomic E-state index is 0.178. The number of hydrogen-bond acceptors (Lipinski definition) is 2. The molecule has 0 radical (unpaired) electrons. The monoisotopic (exact) mass is 219 g/mol. The Morgan fingerprint density at radius 3 is 2.77 bits per heavy atom. The fraction of sp³-hybridized carbons (Fsp3) is 0.125. The van der Waals surface area contributed by atoms with Crippen LogP contribution in [0.15, 0.2) is 18.2 Å². The Kier molecular flexibility index (Phi) is 2.17. The third-order valence-corrected chi connectivity index (χ3v) is 2.91. The molecule has 0 aliphatic heterocycles. The molecule has 0 aliphatic carbocycles. The summed E-state index contributed by atoms with van der Waals surface area (Å²) in [6.07, 6.45) is -2.52. The van der Waals surface area contributed by atoms with Crippen LogP contribution >= 0.6 is 22.9 Å². The molecule has 13 heavy (non-hydrogen) atoms. The van der Waals surface area contributed by atoms with Gasteiger partial charge in [0.15, 0.2) is 5.01 Å². The summed E-state index contributed by atoms with van der Waals surface area (Å²) in [6, 6.07) is 5.09. The second kappa shape index (κ2) is 3.20. The highest BCUT2D eigenvalue weighted by molar-refractivity contribution is 7.18. The number of nitrogens with zero attached hydrogens (tertiary/aromatic N) is 1. The fourth-order valence-electron chi connectivity index (χ4n) is 1.03. The summed E-state index contributed by atoms with van der Waals surface area (Å²) in [5.74, 6) is 0. The van der Waals surface area contributed by atoms with Gasteiger partial charge in [0.25, 0.3) is 6.43 Å². The molecule has 2 aromatic rings. The third kappa shape index (κ3) is 1.51. The summed E-state index contributed by atoms with van der Waals surface area (Å²) < 4.78 is 25.2. The van der Waals surface area contributed by atoms with E-state index in [9.17, 15) is 8.78 Å². The smallest absolute Gasteiger partial charge is 0.233 e. The van der Waals surface area contributed by atoms with Crippen molar-refractivity contribution in [2.45, 2.75) is 6.43 Å². The number of alkyl halides is 2. The summed E-state index contributed by atoms with van der Waals surface area (Å²) >= 11 is 6.75. The number of benzene rings is 1. The zero-order valence-corrected chi connectivity index (χ0v) is 7.87. The molecule has 1 nitrogen and oxygen atoms in total. The number of rotatable bonds is 1. The zero-order valence-electron chi connectivity index (χ0n) is 6.30. The van der Waals surface area contributed by atoms with E-state index in [1.807, 2.05) is 0 Å². The van der Waals surface area contributed by atoms with Crippen LogP contribution in [0.5, 0.6) is 0 Å². The lowest BCUT2D eigenvalue weighted by Gasteiger charge is -1.88. The minimum Gasteiger partial charge on any atom is -0.233 e. The van der Waals surface area contributed by atoms with E-state index in [1.165, 1.54) is 0 Å². The molecule has 0 bridgehead atoms. The molecule has 0 atom stereocenters. The fourth-order valence-corrected chi connectivity index (χ4v) is 2.15. The van der Waals surface area contributed by atoms with Gasteiger partial charge >= 0.3 is 0 Å². The van der Waals surface area contributed by atoms with E-state index in [0.29, 0.717) is 15.2 Å². The van der Waals surface area contributed by atoms with Gasteiger partial charge in [-0.25, -0.2) is 13.8 Å². The van der Waals surface area contributed by atoms with E-state index in [0.717, 1.165) is 11.3 Å². The lowest BCUT2D eigenvalue weighted by molar-refractivity contribution is 0.151. The number of hydrogen-bond donors (Lipinski definition) is 0. The molecule has 2 rings (SSSR count). The molecule has 5 heteroatoms. The maximum absolute atomic E-state index is 12.2. The Balaban J connectivity index is 2.68. The number of para-hydroxylation sites is 1. The first kappa shape index (κ1) is 8.84. The summed E-state index contributed by atoms with van der Waals surface area (Å²) in [7, 11) is 0. The predicted molar refractivity (Wildman–Crippen MR) is 49.6 cm³/mol. The van der Waals surface area contributed by atoms with E-state index in [1.54, 1.807) is 18.2 Å². The predicted octanol–water partition coefficient (Wildman–Crippen LogP) is 3.89. The molecule has 0 spiro atoms. The molecule has 0 saturated carbocycles. The van der Waals surface area contributed by atoms with E-state index in [-0.39, 0.29) is 5.01 Å². The van der Waals surface area contributed by atoms with Crippen molar-refractivity contribution in [3.63, 3.8) is 0 Å². The Labute approximate surface area is 82.0 Å². The number of fused-ring (bicyclic) bond motifs is 1. The van der Waals surface area contributed by atoms with E-state index in [2.05, 4.69) is 4.98 Å². The molecule has 68 valence electrons. The van der Waals surface area contributed by atoms with Gasteiger partial charge in [0.1, 0.15) is 5.52 Å². The molecule has 0 unspecified atom stereocenters. The highest BCUT2D eigenvalue weighted by Crippen LogP contribution is 2.32. The van der Waals surface area contributed by atoms with Crippen molar-refractivity contribution in [2.24, 2.45) is 0 Å². The number of aromatic nitrogens is 1. The minimum atomic E-state index is -2.52. The van der Waals surface area contributed by atoms with Crippen LogP contribution in [0.25, 0.3) is 10.2 Å². The molecule has 0 fully saturated rings. The molecule has 1 aromatic heterocycles. The Hall–Kier alpha value is -0.740. The molecule has 0 N–H and O–H groups in total. The van der Waals surface area contributed by atoms with Crippen molar-refractivity contribution in [3.05, 3.63) is 28.2 Å². The van der Waals surface area contributed by atoms with Gasteiger partial charge in [0, 0.05) is 0 Å². The van der Waals surface area contributed by atoms with Crippen LogP contribution in [0.1, 0.15) is 11.4 Å². The molecule has 0 aliphatic rings. The second-order valence-electron chi connectivity index (χ2n) is 2.44. The lowest BCUT2D eigenvalue weighted by Crippen LogP contribution is -1.79. The van der Waals surface area contributed by atoms with E-state index in [4.69, 9.17) is 11.6 Å². The second-order valence-corrected chi connectivity index (χ2v) is 3.91. The van der Waals surface area contributed by atoms with E-state index < -0.39 is 6.43 Å². The van der Waals surface area contributed by atoms with Crippen LogP contribution < -0.4 is 0 Å². The number of thiazole rings is 1. The molecular formula is C8H4ClF2NS. The average molecular weight is 220 g/mol. The summed E-state index contributed by atoms with van der Waals surface area (Å²) in [5, 5.41) is 0.240. The Morgan fingerprint density at radius 2 is 2.15 bits per heavy atom. The van der Waals surface area contributed by atoms with Crippen LogP contribution in [0, 0.1) is 0 Å². The van der Waals surface area contributed by atoms with E-state index >= 15 is 0 Å². The molecule has 1 aromatic carbocycles. The van der Waals surface area contributed by atoms with Gasteiger partial charge in [0.05, 0.1) is 9.72 Å². The van der Waals surface area contributed by atoms with Crippen LogP contribution in [0.2, 0.25) is 5.02 Å². The van der Waals surface area contributed by atoms with Gasteiger partial charge < -0.3 is 0 Å². The maximum Gasteiger partial charge on any atom is 0.289 e. The van der Waals surface area contributed by atoms with Gasteiger partial charge in [-0.05, 0) is 12.1 Å². The van der Waals surface area contributed by atoms with Crippen LogP contribution in [-0.2, 0) is 0 Å². The van der Waals surface area contributed by atoms with Crippen LogP contribution in [0.3, 0.4) is 0 Å². The quantitative estimate of drug-likeness (QED) is 0.709. The number of halogens is 3. The largest absolute Gasteiger partial charge is 0.289 e. The van der Waals surface area contributed by atoms with Gasteiger partial charge in [0.2, 0.25) is 0 Å². The van der Waals surface area contributed by atoms with Crippen molar-refractivity contribution in [1.29, 1.82) is 0 Å². The van der Waals surface area contributed by atoms with Crippen LogP contribution in [0.4, 0.5) is 8.78 Å². The van der Waals surface area contributed by atoms with Crippen molar-refractivity contribution in [1.82, 2.24) is 4.98 Å². The van der Waals surface area contributed by atoms with Gasteiger partial charge in [-0.2, -0.15) is 0 Å². The summed E-state index contributed by atoms with van der Waals surface area (Å²) in [6.45, 7) is 0. The third-order valence-electron chi connectivity index (χ3n) is 1.57. The summed E-state index contributed by atoms with van der Waals surface area (Å²) in [4.78, 5) is 3.75. The summed E-state index contributed by atoms with van der Waals surface area (Å²) in [5.41, 5.74) is 0.462. The first-order valence-corrected chi connectivity index (χ1v) is 4.71. The first-order valence-electron chi connectivity index (χ1n) is 3.51. The lowest BCUT2D eigenvalue weighted by atomic mass is 10.3. The van der Waals surface area contributed by atoms with Crippen molar-refractivity contribution < 1.29 is 8.78 Å². The zero-order chi connectivity index (χ0) is 9.42. The highest BCUT2D eigenvalue weighted by atomic mass is 35.5. The molecule has 0 saturated heterocycles. The van der Waals surface area contributed by atoms with Gasteiger partial charge in [-0.1, -0.05) is 17.7 Å². The highest BCUT2D eigenvalue weighted by Gasteiger charge is 2.14.